The van der Waals surface area contributed by atoms with Crippen LogP contribution in [0.2, 0.25) is 0 Å². The van der Waals surface area contributed by atoms with Crippen LogP contribution in [-0.2, 0) is 6.54 Å². The first-order chi connectivity index (χ1) is 12.8. The number of anilines is 1. The molecule has 4 rings (SSSR count). The van der Waals surface area contributed by atoms with Crippen molar-refractivity contribution in [2.45, 2.75) is 6.54 Å². The van der Waals surface area contributed by atoms with Crippen LogP contribution in [0.4, 0.5) is 5.69 Å². The maximum atomic E-state index is 10.3. The number of phenols is 1. The van der Waals surface area contributed by atoms with Gasteiger partial charge in [0.25, 0.3) is 0 Å². The van der Waals surface area contributed by atoms with Crippen LogP contribution in [0.1, 0.15) is 5.56 Å². The van der Waals surface area contributed by atoms with Crippen LogP contribution >= 0.6 is 0 Å². The Balaban J connectivity index is 1.43. The van der Waals surface area contributed by atoms with Crippen molar-refractivity contribution in [3.63, 3.8) is 0 Å². The van der Waals surface area contributed by atoms with E-state index in [1.807, 2.05) is 18.2 Å². The molecule has 132 valence electrons. The highest BCUT2D eigenvalue weighted by atomic mass is 16.3. The van der Waals surface area contributed by atoms with Gasteiger partial charge in [0.05, 0.1) is 0 Å². The van der Waals surface area contributed by atoms with Gasteiger partial charge in [-0.3, -0.25) is 4.90 Å². The third-order valence-electron chi connectivity index (χ3n) is 4.79. The molecule has 26 heavy (non-hydrogen) atoms. The molecule has 1 saturated heterocycles. The molecule has 2 aromatic carbocycles. The molecule has 0 amide bonds. The zero-order valence-corrected chi connectivity index (χ0v) is 14.6. The number of phenolic OH excluding ortho intramolecular Hbond substituents is 1. The molecule has 0 spiro atoms. The van der Waals surface area contributed by atoms with E-state index in [1.165, 1.54) is 5.69 Å². The first-order valence-corrected chi connectivity index (χ1v) is 8.91. The normalized spacial score (nSPS) is 15.2. The van der Waals surface area contributed by atoms with Gasteiger partial charge in [-0.05, 0) is 36.4 Å². The average molecular weight is 346 g/mol. The molecule has 0 aliphatic carbocycles. The van der Waals surface area contributed by atoms with E-state index in [0.717, 1.165) is 43.9 Å². The summed E-state index contributed by atoms with van der Waals surface area (Å²) in [5.74, 6) is 1.01. The van der Waals surface area contributed by atoms with Crippen molar-refractivity contribution in [1.82, 2.24) is 14.9 Å². The van der Waals surface area contributed by atoms with Gasteiger partial charge in [-0.15, -0.1) is 0 Å². The summed E-state index contributed by atoms with van der Waals surface area (Å²) in [5.41, 5.74) is 3.13. The van der Waals surface area contributed by atoms with Gasteiger partial charge in [0.1, 0.15) is 5.75 Å². The first kappa shape index (κ1) is 16.5. The molecule has 5 nitrogen and oxygen atoms in total. The van der Waals surface area contributed by atoms with Gasteiger partial charge in [0.15, 0.2) is 5.82 Å². The number of rotatable bonds is 4. The van der Waals surface area contributed by atoms with Crippen molar-refractivity contribution in [1.29, 1.82) is 0 Å². The number of aromatic nitrogens is 2. The number of piperazine rings is 1. The Bertz CT molecular complexity index is 846. The van der Waals surface area contributed by atoms with Crippen molar-refractivity contribution in [3.05, 3.63) is 72.6 Å². The third-order valence-corrected chi connectivity index (χ3v) is 4.79. The maximum Gasteiger partial charge on any atom is 0.159 e. The summed E-state index contributed by atoms with van der Waals surface area (Å²) in [6.45, 7) is 4.66. The molecule has 3 aromatic rings. The molecule has 1 aliphatic heterocycles. The summed E-state index contributed by atoms with van der Waals surface area (Å²) >= 11 is 0. The largest absolute Gasteiger partial charge is 0.508 e. The van der Waals surface area contributed by atoms with E-state index < -0.39 is 0 Å². The Morgan fingerprint density at radius 1 is 0.846 bits per heavy atom. The second-order valence-electron chi connectivity index (χ2n) is 6.51. The molecule has 1 N–H and O–H groups in total. The second-order valence-corrected chi connectivity index (χ2v) is 6.51. The van der Waals surface area contributed by atoms with Gasteiger partial charge in [-0.1, -0.05) is 18.2 Å². The highest BCUT2D eigenvalue weighted by Gasteiger charge is 2.18. The van der Waals surface area contributed by atoms with Crippen LogP contribution in [0.3, 0.4) is 0 Å². The van der Waals surface area contributed by atoms with Crippen molar-refractivity contribution in [2.24, 2.45) is 0 Å². The lowest BCUT2D eigenvalue weighted by molar-refractivity contribution is 0.247. The number of nitrogens with zero attached hydrogens (tertiary/aromatic N) is 4. The number of hydrogen-bond donors (Lipinski definition) is 1. The van der Waals surface area contributed by atoms with E-state index >= 15 is 0 Å². The lowest BCUT2D eigenvalue weighted by atomic mass is 10.1. The third kappa shape index (κ3) is 3.68. The van der Waals surface area contributed by atoms with E-state index in [1.54, 1.807) is 24.5 Å². The Hall–Kier alpha value is -2.92. The molecule has 0 bridgehead atoms. The fraction of sp³-hybridized carbons (Fsp3) is 0.238. The molecule has 1 aliphatic rings. The fourth-order valence-electron chi connectivity index (χ4n) is 3.34. The number of hydrogen-bond acceptors (Lipinski definition) is 5. The lowest BCUT2D eigenvalue weighted by Gasteiger charge is -2.36. The van der Waals surface area contributed by atoms with Crippen molar-refractivity contribution < 1.29 is 5.11 Å². The van der Waals surface area contributed by atoms with Crippen LogP contribution in [0.5, 0.6) is 5.75 Å². The Labute approximate surface area is 153 Å². The van der Waals surface area contributed by atoms with E-state index in [2.05, 4.69) is 44.0 Å². The minimum absolute atomic E-state index is 0.329. The van der Waals surface area contributed by atoms with Crippen LogP contribution in [0.15, 0.2) is 67.0 Å². The van der Waals surface area contributed by atoms with Crippen molar-refractivity contribution in [2.75, 3.05) is 31.1 Å². The molecule has 0 saturated carbocycles. The van der Waals surface area contributed by atoms with Gasteiger partial charge in [0.2, 0.25) is 0 Å². The summed E-state index contributed by atoms with van der Waals surface area (Å²) in [6, 6.07) is 17.9. The molecule has 0 radical (unpaired) electrons. The van der Waals surface area contributed by atoms with Crippen LogP contribution in [0, 0.1) is 0 Å². The van der Waals surface area contributed by atoms with Crippen molar-refractivity contribution >= 4 is 5.69 Å². The second kappa shape index (κ2) is 7.54. The SMILES string of the molecule is Oc1ccc(-c2ncccn2)cc1CN1CCN(c2ccccc2)CC1. The van der Waals surface area contributed by atoms with Crippen molar-refractivity contribution in [3.8, 4) is 17.1 Å². The van der Waals surface area contributed by atoms with E-state index in [-0.39, 0.29) is 0 Å². The summed E-state index contributed by atoms with van der Waals surface area (Å²) in [4.78, 5) is 13.4. The number of para-hydroxylation sites is 1. The summed E-state index contributed by atoms with van der Waals surface area (Å²) < 4.78 is 0. The Kier molecular flexibility index (Phi) is 4.80. The average Bonchev–Trinajstić information content (AvgIpc) is 2.71. The summed E-state index contributed by atoms with van der Waals surface area (Å²) in [7, 11) is 0. The molecule has 2 heterocycles. The minimum Gasteiger partial charge on any atom is -0.508 e. The summed E-state index contributed by atoms with van der Waals surface area (Å²) in [6.07, 6.45) is 3.47. The summed E-state index contributed by atoms with van der Waals surface area (Å²) in [5, 5.41) is 10.3. The minimum atomic E-state index is 0.329. The van der Waals surface area contributed by atoms with E-state index in [0.29, 0.717) is 11.6 Å². The first-order valence-electron chi connectivity index (χ1n) is 8.91. The smallest absolute Gasteiger partial charge is 0.159 e. The Morgan fingerprint density at radius 3 is 2.31 bits per heavy atom. The van der Waals surface area contributed by atoms with E-state index in [9.17, 15) is 5.11 Å². The molecule has 1 fully saturated rings. The van der Waals surface area contributed by atoms with Gasteiger partial charge in [-0.25, -0.2) is 9.97 Å². The number of aromatic hydroxyl groups is 1. The lowest BCUT2D eigenvalue weighted by Crippen LogP contribution is -2.45. The zero-order valence-electron chi connectivity index (χ0n) is 14.6. The van der Waals surface area contributed by atoms with Crippen LogP contribution in [0.25, 0.3) is 11.4 Å². The molecule has 1 aromatic heterocycles. The predicted octanol–water partition coefficient (Wildman–Crippen LogP) is 3.17. The van der Waals surface area contributed by atoms with Crippen LogP contribution in [-0.4, -0.2) is 46.2 Å². The standard InChI is InChI=1S/C21H22N4O/c26-20-8-7-17(21-22-9-4-10-23-21)15-18(20)16-24-11-13-25(14-12-24)19-5-2-1-3-6-19/h1-10,15,26H,11-14,16H2. The maximum absolute atomic E-state index is 10.3. The molecule has 5 heteroatoms. The van der Waals surface area contributed by atoms with Gasteiger partial charge in [0, 0.05) is 61.9 Å². The Morgan fingerprint density at radius 2 is 1.58 bits per heavy atom. The van der Waals surface area contributed by atoms with Gasteiger partial charge in [-0.2, -0.15) is 0 Å². The molecule has 0 atom stereocenters. The number of benzene rings is 2. The highest BCUT2D eigenvalue weighted by molar-refractivity contribution is 5.58. The van der Waals surface area contributed by atoms with Gasteiger partial charge >= 0.3 is 0 Å². The molecular weight excluding hydrogens is 324 g/mol. The topological polar surface area (TPSA) is 52.5 Å². The monoisotopic (exact) mass is 346 g/mol. The molecular formula is C21H22N4O. The zero-order chi connectivity index (χ0) is 17.8. The van der Waals surface area contributed by atoms with Crippen LogP contribution < -0.4 is 4.90 Å². The highest BCUT2D eigenvalue weighted by Crippen LogP contribution is 2.25. The predicted molar refractivity (Wildman–Crippen MR) is 103 cm³/mol. The van der Waals surface area contributed by atoms with Gasteiger partial charge < -0.3 is 10.0 Å². The quantitative estimate of drug-likeness (QED) is 0.786. The fourth-order valence-corrected chi connectivity index (χ4v) is 3.34. The molecule has 0 unspecified atom stereocenters. The van der Waals surface area contributed by atoms with E-state index in [4.69, 9.17) is 0 Å².